The van der Waals surface area contributed by atoms with Crippen LogP contribution < -0.4 is 18.9 Å². The summed E-state index contributed by atoms with van der Waals surface area (Å²) in [5.41, 5.74) is 1.57. The summed E-state index contributed by atoms with van der Waals surface area (Å²) in [6, 6.07) is 0. The van der Waals surface area contributed by atoms with Crippen LogP contribution >= 0.6 is 0 Å². The zero-order chi connectivity index (χ0) is 17.3. The van der Waals surface area contributed by atoms with Gasteiger partial charge < -0.3 is 23.8 Å². The Bertz CT molecular complexity index is 734. The molecule has 134 valence electrons. The van der Waals surface area contributed by atoms with Crippen LogP contribution in [0.5, 0.6) is 17.2 Å². The minimum atomic E-state index is -3.75. The lowest BCUT2D eigenvalue weighted by atomic mass is 9.97. The molecule has 1 aromatic carbocycles. The molecule has 1 N–H and O–H groups in total. The highest BCUT2D eigenvalue weighted by Crippen LogP contribution is 2.51. The van der Waals surface area contributed by atoms with E-state index in [9.17, 15) is 8.42 Å². The van der Waals surface area contributed by atoms with Crippen LogP contribution in [0.25, 0.3) is 0 Å². The van der Waals surface area contributed by atoms with Gasteiger partial charge in [0.25, 0.3) is 0 Å². The van der Waals surface area contributed by atoms with E-state index in [1.165, 1.54) is 7.11 Å². The number of hydrogen-bond donors (Lipinski definition) is 1. The third-order valence-corrected chi connectivity index (χ3v) is 5.73. The van der Waals surface area contributed by atoms with E-state index in [0.29, 0.717) is 31.1 Å². The molecule has 0 radical (unpaired) electrons. The van der Waals surface area contributed by atoms with Gasteiger partial charge in [0.2, 0.25) is 22.6 Å². The molecule has 0 fully saturated rings. The summed E-state index contributed by atoms with van der Waals surface area (Å²) in [6.45, 7) is 1.81. The van der Waals surface area contributed by atoms with Crippen LogP contribution in [0.3, 0.4) is 0 Å². The van der Waals surface area contributed by atoms with Gasteiger partial charge in [-0.25, -0.2) is 13.1 Å². The number of fused-ring (bicyclic) bond motifs is 2. The van der Waals surface area contributed by atoms with Crippen LogP contribution in [-0.2, 0) is 27.7 Å². The molecule has 8 nitrogen and oxygen atoms in total. The lowest BCUT2D eigenvalue weighted by Crippen LogP contribution is -2.32. The molecule has 0 spiro atoms. The molecular formula is C15H22N2O6S. The molecule has 0 aliphatic carbocycles. The summed E-state index contributed by atoms with van der Waals surface area (Å²) in [5, 5.41) is 0. The average Bonchev–Trinajstić information content (AvgIpc) is 3.01. The Kier molecular flexibility index (Phi) is 4.86. The molecular weight excluding hydrogens is 336 g/mol. The van der Waals surface area contributed by atoms with Gasteiger partial charge >= 0.3 is 0 Å². The summed E-state index contributed by atoms with van der Waals surface area (Å²) in [7, 11) is 1.31. The fraction of sp³-hybridized carbons (Fsp3) is 0.600. The predicted octanol–water partition coefficient (Wildman–Crippen LogP) is 0.337. The lowest BCUT2D eigenvalue weighted by Gasteiger charge is -2.29. The van der Waals surface area contributed by atoms with Crippen molar-refractivity contribution in [2.45, 2.75) is 17.9 Å². The Morgan fingerprint density at radius 1 is 1.21 bits per heavy atom. The first kappa shape index (κ1) is 17.3. The second-order valence-corrected chi connectivity index (χ2v) is 7.47. The minimum Gasteiger partial charge on any atom is -0.492 e. The van der Waals surface area contributed by atoms with Crippen LogP contribution in [0.15, 0.2) is 4.90 Å². The number of nitrogens with one attached hydrogen (secondary N) is 1. The van der Waals surface area contributed by atoms with Crippen molar-refractivity contribution in [2.24, 2.45) is 0 Å². The Balaban J connectivity index is 2.16. The standard InChI is InChI=1S/C15H22N2O6S/c1-17-6-4-10-11(8-17)12(21-3)13-14(23-9-22-13)15(10)24(18,19)16-5-7-20-2/h16H,4-9H2,1-3H3. The molecule has 1 aromatic rings. The van der Waals surface area contributed by atoms with Gasteiger partial charge in [-0.3, -0.25) is 0 Å². The first-order valence-electron chi connectivity index (χ1n) is 7.68. The maximum Gasteiger partial charge on any atom is 0.244 e. The van der Waals surface area contributed by atoms with E-state index in [1.807, 2.05) is 7.05 Å². The second-order valence-electron chi connectivity index (χ2n) is 5.76. The quantitative estimate of drug-likeness (QED) is 0.734. The number of sulfonamides is 1. The third kappa shape index (κ3) is 2.92. The topological polar surface area (TPSA) is 86.3 Å². The van der Waals surface area contributed by atoms with Crippen LogP contribution in [0.2, 0.25) is 0 Å². The normalized spacial score (nSPS) is 17.0. The van der Waals surface area contributed by atoms with Crippen molar-refractivity contribution in [3.63, 3.8) is 0 Å². The van der Waals surface area contributed by atoms with Crippen LogP contribution in [0, 0.1) is 0 Å². The summed E-state index contributed by atoms with van der Waals surface area (Å²) in [4.78, 5) is 2.27. The Morgan fingerprint density at radius 2 is 1.96 bits per heavy atom. The van der Waals surface area contributed by atoms with Crippen molar-refractivity contribution < 1.29 is 27.4 Å². The third-order valence-electron chi connectivity index (χ3n) is 4.18. The van der Waals surface area contributed by atoms with Crippen molar-refractivity contribution in [3.05, 3.63) is 11.1 Å². The van der Waals surface area contributed by atoms with Crippen molar-refractivity contribution in [1.29, 1.82) is 0 Å². The first-order chi connectivity index (χ1) is 11.5. The predicted molar refractivity (Wildman–Crippen MR) is 86.2 cm³/mol. The lowest BCUT2D eigenvalue weighted by molar-refractivity contribution is 0.169. The molecule has 3 rings (SSSR count). The highest BCUT2D eigenvalue weighted by atomic mass is 32.2. The van der Waals surface area contributed by atoms with Gasteiger partial charge in [-0.1, -0.05) is 0 Å². The molecule has 9 heteroatoms. The van der Waals surface area contributed by atoms with Crippen molar-refractivity contribution in [3.8, 4) is 17.2 Å². The molecule has 2 aliphatic heterocycles. The molecule has 0 saturated carbocycles. The summed E-state index contributed by atoms with van der Waals surface area (Å²) in [5.74, 6) is 1.15. The van der Waals surface area contributed by atoms with Gasteiger partial charge in [-0.2, -0.15) is 0 Å². The highest BCUT2D eigenvalue weighted by Gasteiger charge is 2.37. The highest BCUT2D eigenvalue weighted by molar-refractivity contribution is 7.89. The maximum atomic E-state index is 12.9. The van der Waals surface area contributed by atoms with Gasteiger partial charge in [0.05, 0.1) is 13.7 Å². The van der Waals surface area contributed by atoms with Gasteiger partial charge in [0, 0.05) is 32.3 Å². The molecule has 0 atom stereocenters. The number of likely N-dealkylation sites (N-methyl/N-ethyl adjacent to an activating group) is 1. The van der Waals surface area contributed by atoms with Gasteiger partial charge in [-0.05, 0) is 19.0 Å². The van der Waals surface area contributed by atoms with Gasteiger partial charge in [-0.15, -0.1) is 0 Å². The van der Waals surface area contributed by atoms with E-state index < -0.39 is 10.0 Å². The van der Waals surface area contributed by atoms with E-state index in [1.54, 1.807) is 7.11 Å². The van der Waals surface area contributed by atoms with Gasteiger partial charge in [0.15, 0.2) is 11.5 Å². The second kappa shape index (κ2) is 6.75. The fourth-order valence-corrected chi connectivity index (χ4v) is 4.54. The number of nitrogens with zero attached hydrogens (tertiary/aromatic N) is 1. The molecule has 2 heterocycles. The molecule has 0 bridgehead atoms. The number of rotatable bonds is 6. The largest absolute Gasteiger partial charge is 0.492 e. The number of benzene rings is 1. The first-order valence-corrected chi connectivity index (χ1v) is 9.16. The smallest absolute Gasteiger partial charge is 0.244 e. The van der Waals surface area contributed by atoms with E-state index in [0.717, 1.165) is 17.7 Å². The monoisotopic (exact) mass is 358 g/mol. The average molecular weight is 358 g/mol. The van der Waals surface area contributed by atoms with E-state index in [-0.39, 0.29) is 24.0 Å². The van der Waals surface area contributed by atoms with E-state index in [4.69, 9.17) is 18.9 Å². The molecule has 24 heavy (non-hydrogen) atoms. The summed E-state index contributed by atoms with van der Waals surface area (Å²) < 4.78 is 49.7. The number of ether oxygens (including phenoxy) is 4. The van der Waals surface area contributed by atoms with E-state index in [2.05, 4.69) is 9.62 Å². The fourth-order valence-electron chi connectivity index (χ4n) is 3.10. The number of methoxy groups -OCH3 is 2. The molecule has 0 saturated heterocycles. The minimum absolute atomic E-state index is 0.0228. The maximum absolute atomic E-state index is 12.9. The van der Waals surface area contributed by atoms with Gasteiger partial charge in [0.1, 0.15) is 4.90 Å². The van der Waals surface area contributed by atoms with Crippen LogP contribution in [0.1, 0.15) is 11.1 Å². The Hall–Kier alpha value is -1.55. The van der Waals surface area contributed by atoms with E-state index >= 15 is 0 Å². The van der Waals surface area contributed by atoms with Crippen LogP contribution in [0.4, 0.5) is 0 Å². The molecule has 0 amide bonds. The Labute approximate surface area is 141 Å². The molecule has 0 aromatic heterocycles. The zero-order valence-corrected chi connectivity index (χ0v) is 14.9. The Morgan fingerprint density at radius 3 is 2.67 bits per heavy atom. The molecule has 0 unspecified atom stereocenters. The SMILES string of the molecule is COCCNS(=O)(=O)c1c2c(c(OC)c3c1OCO3)CN(C)CC2. The van der Waals surface area contributed by atoms with Crippen molar-refractivity contribution >= 4 is 10.0 Å². The number of hydrogen-bond acceptors (Lipinski definition) is 7. The summed E-state index contributed by atoms with van der Waals surface area (Å²) >= 11 is 0. The zero-order valence-electron chi connectivity index (χ0n) is 14.0. The van der Waals surface area contributed by atoms with Crippen molar-refractivity contribution in [2.75, 3.05) is 47.8 Å². The van der Waals surface area contributed by atoms with Crippen molar-refractivity contribution in [1.82, 2.24) is 9.62 Å². The molecule has 2 aliphatic rings. The summed E-state index contributed by atoms with van der Waals surface area (Å²) in [6.07, 6.45) is 0.597. The van der Waals surface area contributed by atoms with Crippen LogP contribution in [-0.4, -0.2) is 61.1 Å².